The van der Waals surface area contributed by atoms with Gasteiger partial charge in [0.25, 0.3) is 0 Å². The Balaban J connectivity index is 3.13. The fraction of sp³-hybridized carbons (Fsp3) is 0.714. The Morgan fingerprint density at radius 1 is 0.800 bits per heavy atom. The molecule has 15 heavy (non-hydrogen) atoms. The molecule has 84 valence electrons. The number of hydrogen-bond acceptors (Lipinski definition) is 0. The lowest BCUT2D eigenvalue weighted by Gasteiger charge is -1.97. The number of hydrogen-bond donors (Lipinski definition) is 0. The molecule has 0 radical (unpaired) electrons. The highest BCUT2D eigenvalue weighted by Crippen LogP contribution is 2.07. The Kier molecular flexibility index (Phi) is 13.2. The number of alkyl halides is 1. The van der Waals surface area contributed by atoms with Crippen LogP contribution >= 0.6 is 15.9 Å². The zero-order valence-corrected chi connectivity index (χ0v) is 11.3. The van der Waals surface area contributed by atoms with Gasteiger partial charge < -0.3 is 0 Å². The molecule has 0 aromatic carbocycles. The molecule has 1 heteroatoms. The Labute approximate surface area is 103 Å². The topological polar surface area (TPSA) is 0 Å². The van der Waals surface area contributed by atoms with Crippen LogP contribution in [0.1, 0.15) is 58.3 Å². The molecule has 0 N–H and O–H groups in total. The molecule has 0 heterocycles. The molecule has 0 aliphatic heterocycles. The molecule has 0 unspecified atom stereocenters. The molecule has 0 saturated carbocycles. The van der Waals surface area contributed by atoms with Crippen LogP contribution in [0.5, 0.6) is 0 Å². The van der Waals surface area contributed by atoms with Crippen LogP contribution in [0.25, 0.3) is 0 Å². The molecule has 0 aliphatic rings. The molecule has 0 bridgehead atoms. The smallest absolute Gasteiger partial charge is 0.0655 e. The Bertz CT molecular complexity index is 234. The molecule has 0 spiro atoms. The highest BCUT2D eigenvalue weighted by Gasteiger charge is 1.88. The quantitative estimate of drug-likeness (QED) is 0.362. The first kappa shape index (κ1) is 14.6. The van der Waals surface area contributed by atoms with Gasteiger partial charge in [-0.25, -0.2) is 0 Å². The van der Waals surface area contributed by atoms with Crippen molar-refractivity contribution in [3.8, 4) is 23.7 Å². The summed E-state index contributed by atoms with van der Waals surface area (Å²) in [4.78, 5) is 0. The highest BCUT2D eigenvalue weighted by molar-refractivity contribution is 9.09. The third-order valence-electron chi connectivity index (χ3n) is 2.21. The standard InChI is InChI=1S/C14H21Br/c1-2-3-4-5-6-7-8-9-10-11-12-13-14-15/h2-9,14H2,1H3. The number of halogens is 1. The van der Waals surface area contributed by atoms with Gasteiger partial charge in [-0.05, 0) is 18.3 Å². The summed E-state index contributed by atoms with van der Waals surface area (Å²) in [6.45, 7) is 2.25. The van der Waals surface area contributed by atoms with Crippen molar-refractivity contribution in [2.24, 2.45) is 0 Å². The molecule has 0 amide bonds. The predicted octanol–water partition coefficient (Wildman–Crippen LogP) is 4.53. The maximum Gasteiger partial charge on any atom is 0.0655 e. The summed E-state index contributed by atoms with van der Waals surface area (Å²) < 4.78 is 0. The Hall–Kier alpha value is -0.400. The van der Waals surface area contributed by atoms with E-state index in [0.29, 0.717) is 0 Å². The molecule has 0 fully saturated rings. The van der Waals surface area contributed by atoms with Crippen molar-refractivity contribution >= 4 is 15.9 Å². The molecular weight excluding hydrogens is 248 g/mol. The van der Waals surface area contributed by atoms with E-state index in [1.807, 2.05) is 0 Å². The second-order valence-electron chi connectivity index (χ2n) is 3.61. The minimum atomic E-state index is 0.721. The van der Waals surface area contributed by atoms with Crippen LogP contribution in [0.3, 0.4) is 0 Å². The second kappa shape index (κ2) is 13.6. The maximum absolute atomic E-state index is 3.23. The normalized spacial score (nSPS) is 8.67. The van der Waals surface area contributed by atoms with Gasteiger partial charge in [0.2, 0.25) is 0 Å². The zero-order chi connectivity index (χ0) is 11.2. The van der Waals surface area contributed by atoms with Crippen molar-refractivity contribution in [3.05, 3.63) is 0 Å². The van der Waals surface area contributed by atoms with Gasteiger partial charge >= 0.3 is 0 Å². The van der Waals surface area contributed by atoms with Crippen molar-refractivity contribution in [2.45, 2.75) is 58.3 Å². The molecule has 0 aromatic heterocycles. The lowest BCUT2D eigenvalue weighted by molar-refractivity contribution is 0.594. The van der Waals surface area contributed by atoms with Gasteiger partial charge in [0, 0.05) is 6.42 Å². The van der Waals surface area contributed by atoms with E-state index < -0.39 is 0 Å². The molecule has 0 atom stereocenters. The minimum Gasteiger partial charge on any atom is -0.0891 e. The maximum atomic E-state index is 3.23. The number of rotatable bonds is 7. The summed E-state index contributed by atoms with van der Waals surface area (Å²) >= 11 is 3.23. The summed E-state index contributed by atoms with van der Waals surface area (Å²) in [5, 5.41) is 0.721. The van der Waals surface area contributed by atoms with Gasteiger partial charge in [-0.2, -0.15) is 0 Å². The van der Waals surface area contributed by atoms with Crippen LogP contribution in [0, 0.1) is 23.7 Å². The third-order valence-corrected chi connectivity index (χ3v) is 2.49. The Morgan fingerprint density at radius 3 is 2.07 bits per heavy atom. The van der Waals surface area contributed by atoms with Crippen molar-refractivity contribution in [1.82, 2.24) is 0 Å². The van der Waals surface area contributed by atoms with E-state index in [4.69, 9.17) is 0 Å². The first-order valence-electron chi connectivity index (χ1n) is 5.93. The molecule has 0 aliphatic carbocycles. The molecule has 0 aromatic rings. The van der Waals surface area contributed by atoms with Gasteiger partial charge in [-0.1, -0.05) is 73.2 Å². The molecule has 0 saturated heterocycles. The monoisotopic (exact) mass is 268 g/mol. The fourth-order valence-electron chi connectivity index (χ4n) is 1.35. The van der Waals surface area contributed by atoms with Gasteiger partial charge in [0.1, 0.15) is 0 Å². The van der Waals surface area contributed by atoms with Gasteiger partial charge in [-0.15, -0.1) is 0 Å². The lowest BCUT2D eigenvalue weighted by Crippen LogP contribution is -1.78. The van der Waals surface area contributed by atoms with E-state index in [0.717, 1.165) is 11.8 Å². The molecular formula is C14H21Br. The van der Waals surface area contributed by atoms with Gasteiger partial charge in [-0.3, -0.25) is 0 Å². The van der Waals surface area contributed by atoms with E-state index in [9.17, 15) is 0 Å². The van der Waals surface area contributed by atoms with E-state index in [2.05, 4.69) is 46.5 Å². The zero-order valence-electron chi connectivity index (χ0n) is 9.74. The van der Waals surface area contributed by atoms with Gasteiger partial charge in [0.15, 0.2) is 0 Å². The van der Waals surface area contributed by atoms with Crippen LogP contribution in [-0.2, 0) is 0 Å². The van der Waals surface area contributed by atoms with Crippen molar-refractivity contribution in [2.75, 3.05) is 5.33 Å². The van der Waals surface area contributed by atoms with Crippen molar-refractivity contribution in [1.29, 1.82) is 0 Å². The largest absolute Gasteiger partial charge is 0.0891 e. The van der Waals surface area contributed by atoms with Crippen LogP contribution < -0.4 is 0 Å². The highest BCUT2D eigenvalue weighted by atomic mass is 79.9. The Morgan fingerprint density at radius 2 is 1.40 bits per heavy atom. The van der Waals surface area contributed by atoms with Crippen LogP contribution in [-0.4, -0.2) is 5.33 Å². The first-order chi connectivity index (χ1) is 7.41. The summed E-state index contributed by atoms with van der Waals surface area (Å²) in [7, 11) is 0. The van der Waals surface area contributed by atoms with E-state index in [-0.39, 0.29) is 0 Å². The summed E-state index contributed by atoms with van der Waals surface area (Å²) in [6, 6.07) is 0. The SMILES string of the molecule is CCCCCCCCCC#CC#CCBr. The second-order valence-corrected chi connectivity index (χ2v) is 4.17. The van der Waals surface area contributed by atoms with E-state index in [1.165, 1.54) is 44.9 Å². The third kappa shape index (κ3) is 13.6. The summed E-state index contributed by atoms with van der Waals surface area (Å²) in [5.74, 6) is 11.6. The van der Waals surface area contributed by atoms with Crippen molar-refractivity contribution in [3.63, 3.8) is 0 Å². The molecule has 0 nitrogen and oxygen atoms in total. The average Bonchev–Trinajstić information content (AvgIpc) is 2.26. The van der Waals surface area contributed by atoms with Crippen LogP contribution in [0.4, 0.5) is 0 Å². The van der Waals surface area contributed by atoms with Crippen LogP contribution in [0.15, 0.2) is 0 Å². The summed E-state index contributed by atoms with van der Waals surface area (Å²) in [6.07, 6.45) is 10.4. The summed E-state index contributed by atoms with van der Waals surface area (Å²) in [5.41, 5.74) is 0. The fourth-order valence-corrected chi connectivity index (χ4v) is 1.49. The van der Waals surface area contributed by atoms with Gasteiger partial charge in [0.05, 0.1) is 5.33 Å². The average molecular weight is 269 g/mol. The van der Waals surface area contributed by atoms with E-state index >= 15 is 0 Å². The van der Waals surface area contributed by atoms with Crippen molar-refractivity contribution < 1.29 is 0 Å². The molecule has 0 rings (SSSR count). The van der Waals surface area contributed by atoms with Crippen LogP contribution in [0.2, 0.25) is 0 Å². The predicted molar refractivity (Wildman–Crippen MR) is 72.0 cm³/mol. The first-order valence-corrected chi connectivity index (χ1v) is 7.05. The lowest BCUT2D eigenvalue weighted by atomic mass is 10.1. The number of unbranched alkanes of at least 4 members (excludes halogenated alkanes) is 7. The van der Waals surface area contributed by atoms with E-state index in [1.54, 1.807) is 0 Å². The minimum absolute atomic E-state index is 0.721.